The molecule has 0 spiro atoms. The molecule has 0 aliphatic carbocycles. The van der Waals surface area contributed by atoms with Crippen molar-refractivity contribution in [3.63, 3.8) is 0 Å². The Balaban J connectivity index is 1.13. The van der Waals surface area contributed by atoms with E-state index in [-0.39, 0.29) is 17.7 Å². The van der Waals surface area contributed by atoms with Gasteiger partial charge in [0.05, 0.1) is 0 Å². The number of nitrogens with zero attached hydrogens (tertiary/aromatic N) is 3. The first-order valence-electron chi connectivity index (χ1n) is 11.0. The number of rotatable bonds is 5. The Morgan fingerprint density at radius 2 is 1.74 bits per heavy atom. The maximum atomic E-state index is 13.1. The van der Waals surface area contributed by atoms with Crippen LogP contribution in [0, 0.1) is 11.8 Å². The standard InChI is InChI=1S/C24H27N5O2/c30-23(18-6-12-28(13-7-18)21-4-9-25-10-5-21)20-8-14-29(16-20)27-24(31)19-2-1-17-3-11-26-22(17)15-19/h1-5,9-11,15,18,20,26H,6-8,12-14,16H2,(H,27,31)/t20-/m0/s1. The number of H-pyrrole nitrogens is 1. The van der Waals surface area contributed by atoms with Gasteiger partial charge in [-0.3, -0.25) is 20.0 Å². The number of ketones is 1. The fraction of sp³-hybridized carbons (Fsp3) is 0.375. The lowest BCUT2D eigenvalue weighted by Crippen LogP contribution is -2.42. The van der Waals surface area contributed by atoms with Crippen LogP contribution in [0.25, 0.3) is 10.9 Å². The van der Waals surface area contributed by atoms with Gasteiger partial charge in [0.1, 0.15) is 5.78 Å². The first-order chi connectivity index (χ1) is 15.2. The van der Waals surface area contributed by atoms with Crippen LogP contribution in [-0.2, 0) is 4.79 Å². The number of carbonyl (C=O) groups excluding carboxylic acids is 2. The van der Waals surface area contributed by atoms with E-state index in [0.29, 0.717) is 24.4 Å². The lowest BCUT2D eigenvalue weighted by Gasteiger charge is -2.33. The lowest BCUT2D eigenvalue weighted by atomic mass is 9.85. The molecule has 0 radical (unpaired) electrons. The third kappa shape index (κ3) is 4.18. The molecule has 1 amide bonds. The number of carbonyl (C=O) groups is 2. The number of Topliss-reactive ketones (excluding diaryl/α,β-unsaturated/α-hetero) is 1. The fourth-order valence-electron chi connectivity index (χ4n) is 4.80. The highest BCUT2D eigenvalue weighted by atomic mass is 16.2. The first-order valence-corrected chi connectivity index (χ1v) is 11.0. The molecule has 2 saturated heterocycles. The quantitative estimate of drug-likeness (QED) is 0.667. The SMILES string of the molecule is O=C(NN1CC[C@H](C(=O)C2CCN(c3ccncc3)CC2)C1)c1ccc2cc[nH]c2c1. The Kier molecular flexibility index (Phi) is 5.42. The summed E-state index contributed by atoms with van der Waals surface area (Å²) in [6.45, 7) is 3.10. The molecule has 160 valence electrons. The molecule has 2 fully saturated rings. The summed E-state index contributed by atoms with van der Waals surface area (Å²) in [5, 5.41) is 2.98. The highest BCUT2D eigenvalue weighted by Gasteiger charge is 2.35. The van der Waals surface area contributed by atoms with Crippen molar-refractivity contribution in [3.8, 4) is 0 Å². The number of nitrogens with one attached hydrogen (secondary N) is 2. The number of anilines is 1. The molecule has 2 N–H and O–H groups in total. The van der Waals surface area contributed by atoms with Crippen LogP contribution >= 0.6 is 0 Å². The van der Waals surface area contributed by atoms with Gasteiger partial charge in [-0.2, -0.15) is 0 Å². The van der Waals surface area contributed by atoms with Gasteiger partial charge in [-0.15, -0.1) is 0 Å². The molecule has 2 aromatic heterocycles. The van der Waals surface area contributed by atoms with Crippen LogP contribution in [0.4, 0.5) is 5.69 Å². The topological polar surface area (TPSA) is 81.3 Å². The number of pyridine rings is 1. The second kappa shape index (κ2) is 8.51. The molecule has 2 aliphatic heterocycles. The largest absolute Gasteiger partial charge is 0.371 e. The summed E-state index contributed by atoms with van der Waals surface area (Å²) >= 11 is 0. The van der Waals surface area contributed by atoms with E-state index in [0.717, 1.165) is 43.3 Å². The predicted molar refractivity (Wildman–Crippen MR) is 120 cm³/mol. The first kappa shape index (κ1) is 19.8. The summed E-state index contributed by atoms with van der Waals surface area (Å²) < 4.78 is 0. The maximum absolute atomic E-state index is 13.1. The zero-order valence-corrected chi connectivity index (χ0v) is 17.5. The molecule has 0 bridgehead atoms. The van der Waals surface area contributed by atoms with Crippen molar-refractivity contribution in [1.82, 2.24) is 20.4 Å². The molecule has 1 aromatic carbocycles. The van der Waals surface area contributed by atoms with Gasteiger partial charge in [0.25, 0.3) is 5.91 Å². The van der Waals surface area contributed by atoms with Crippen LogP contribution in [0.15, 0.2) is 55.0 Å². The van der Waals surface area contributed by atoms with Gasteiger partial charge in [0.2, 0.25) is 0 Å². The van der Waals surface area contributed by atoms with Gasteiger partial charge in [-0.05, 0) is 55.0 Å². The van der Waals surface area contributed by atoms with E-state index in [4.69, 9.17) is 0 Å². The van der Waals surface area contributed by atoms with Crippen molar-refractivity contribution < 1.29 is 9.59 Å². The summed E-state index contributed by atoms with van der Waals surface area (Å²) in [4.78, 5) is 35.3. The molecule has 1 atom stereocenters. The van der Waals surface area contributed by atoms with E-state index in [1.807, 2.05) is 60.0 Å². The number of aromatic amines is 1. The van der Waals surface area contributed by atoms with Crippen LogP contribution in [0.5, 0.6) is 0 Å². The molecular formula is C24H27N5O2. The highest BCUT2D eigenvalue weighted by molar-refractivity contribution is 5.97. The normalized spacial score (nSPS) is 20.3. The van der Waals surface area contributed by atoms with E-state index in [2.05, 4.69) is 20.3 Å². The van der Waals surface area contributed by atoms with Crippen molar-refractivity contribution in [2.75, 3.05) is 31.1 Å². The van der Waals surface area contributed by atoms with E-state index in [1.165, 1.54) is 5.69 Å². The molecule has 2 aliphatic rings. The number of aromatic nitrogens is 2. The zero-order chi connectivity index (χ0) is 21.2. The molecule has 5 rings (SSSR count). The summed E-state index contributed by atoms with van der Waals surface area (Å²) in [7, 11) is 0. The van der Waals surface area contributed by atoms with E-state index in [1.54, 1.807) is 0 Å². The summed E-state index contributed by atoms with van der Waals surface area (Å²) in [5.41, 5.74) is 5.72. The van der Waals surface area contributed by atoms with Gasteiger partial charge in [0.15, 0.2) is 0 Å². The van der Waals surface area contributed by atoms with Crippen LogP contribution in [-0.4, -0.2) is 52.8 Å². The summed E-state index contributed by atoms with van der Waals surface area (Å²) in [6.07, 6.45) is 8.07. The summed E-state index contributed by atoms with van der Waals surface area (Å²) in [6, 6.07) is 11.7. The molecule has 3 aromatic rings. The van der Waals surface area contributed by atoms with Crippen LogP contribution in [0.1, 0.15) is 29.6 Å². The Morgan fingerprint density at radius 3 is 2.55 bits per heavy atom. The minimum absolute atomic E-state index is 0.00339. The fourth-order valence-corrected chi connectivity index (χ4v) is 4.80. The van der Waals surface area contributed by atoms with Crippen LogP contribution < -0.4 is 10.3 Å². The Bertz CT molecular complexity index is 1070. The predicted octanol–water partition coefficient (Wildman–Crippen LogP) is 3.02. The van der Waals surface area contributed by atoms with Crippen molar-refractivity contribution in [1.29, 1.82) is 0 Å². The number of hydrazine groups is 1. The molecule has 4 heterocycles. The number of hydrogen-bond acceptors (Lipinski definition) is 5. The van der Waals surface area contributed by atoms with Gasteiger partial charge >= 0.3 is 0 Å². The summed E-state index contributed by atoms with van der Waals surface area (Å²) in [5.74, 6) is 0.354. The van der Waals surface area contributed by atoms with E-state index >= 15 is 0 Å². The molecule has 7 nitrogen and oxygen atoms in total. The number of amides is 1. The zero-order valence-electron chi connectivity index (χ0n) is 17.5. The number of hydrogen-bond donors (Lipinski definition) is 2. The van der Waals surface area contributed by atoms with Crippen LogP contribution in [0.3, 0.4) is 0 Å². The van der Waals surface area contributed by atoms with E-state index < -0.39 is 0 Å². The average Bonchev–Trinajstić information content (AvgIpc) is 3.48. The Morgan fingerprint density at radius 1 is 0.968 bits per heavy atom. The van der Waals surface area contributed by atoms with Crippen molar-refractivity contribution in [3.05, 3.63) is 60.6 Å². The van der Waals surface area contributed by atoms with E-state index in [9.17, 15) is 9.59 Å². The highest BCUT2D eigenvalue weighted by Crippen LogP contribution is 2.28. The molecule has 7 heteroatoms. The van der Waals surface area contributed by atoms with Gasteiger partial charge in [0, 0.05) is 73.4 Å². The molecule has 31 heavy (non-hydrogen) atoms. The minimum atomic E-state index is -0.129. The second-order valence-electron chi connectivity index (χ2n) is 8.52. The van der Waals surface area contributed by atoms with Crippen LogP contribution in [0.2, 0.25) is 0 Å². The van der Waals surface area contributed by atoms with Crippen molar-refractivity contribution >= 4 is 28.3 Å². The third-order valence-corrected chi connectivity index (χ3v) is 6.59. The number of piperidine rings is 1. The minimum Gasteiger partial charge on any atom is -0.371 e. The smallest absolute Gasteiger partial charge is 0.265 e. The van der Waals surface area contributed by atoms with Gasteiger partial charge in [-0.1, -0.05) is 6.07 Å². The number of benzene rings is 1. The van der Waals surface area contributed by atoms with Gasteiger partial charge < -0.3 is 9.88 Å². The molecular weight excluding hydrogens is 390 g/mol. The van der Waals surface area contributed by atoms with Crippen molar-refractivity contribution in [2.45, 2.75) is 19.3 Å². The van der Waals surface area contributed by atoms with Crippen molar-refractivity contribution in [2.24, 2.45) is 11.8 Å². The number of fused-ring (bicyclic) bond motifs is 1. The third-order valence-electron chi connectivity index (χ3n) is 6.59. The second-order valence-corrected chi connectivity index (χ2v) is 8.52. The Hall–Kier alpha value is -3.19. The Labute approximate surface area is 181 Å². The molecule has 0 saturated carbocycles. The lowest BCUT2D eigenvalue weighted by molar-refractivity contribution is -0.127. The van der Waals surface area contributed by atoms with Gasteiger partial charge in [-0.25, -0.2) is 5.01 Å². The molecule has 0 unspecified atom stereocenters. The monoisotopic (exact) mass is 417 g/mol. The maximum Gasteiger partial charge on any atom is 0.265 e. The average molecular weight is 418 g/mol.